The maximum absolute atomic E-state index is 12.9. The fourth-order valence-electron chi connectivity index (χ4n) is 3.77. The number of nitrogens with one attached hydrogen (secondary N) is 1. The monoisotopic (exact) mass is 455 g/mol. The molecule has 3 heterocycles. The van der Waals surface area contributed by atoms with Crippen LogP contribution < -0.4 is 16.0 Å². The van der Waals surface area contributed by atoms with Crippen molar-refractivity contribution in [1.29, 1.82) is 0 Å². The molecule has 3 N–H and O–H groups in total. The maximum atomic E-state index is 12.9. The summed E-state index contributed by atoms with van der Waals surface area (Å²) in [6.07, 6.45) is 7.06. The lowest BCUT2D eigenvalue weighted by Crippen LogP contribution is -2.44. The first-order chi connectivity index (χ1) is 16.4. The molecule has 1 aliphatic rings. The maximum Gasteiger partial charge on any atom is 0.257 e. The highest BCUT2D eigenvalue weighted by molar-refractivity contribution is 6.05. The molecule has 1 aliphatic heterocycles. The zero-order valence-electron chi connectivity index (χ0n) is 19.5. The number of anilines is 2. The van der Waals surface area contributed by atoms with Gasteiger partial charge in [0, 0.05) is 49.5 Å². The number of fused-ring (bicyclic) bond motifs is 1. The average molecular weight is 456 g/mol. The lowest BCUT2D eigenvalue weighted by molar-refractivity contribution is 0.102. The number of hydrogen-bond donors (Lipinski definition) is 2. The highest BCUT2D eigenvalue weighted by atomic mass is 16.1. The van der Waals surface area contributed by atoms with Gasteiger partial charge in [-0.1, -0.05) is 18.2 Å². The third-order valence-electron chi connectivity index (χ3n) is 5.94. The summed E-state index contributed by atoms with van der Waals surface area (Å²) in [5.74, 6) is 1.46. The number of amides is 1. The van der Waals surface area contributed by atoms with Gasteiger partial charge in [-0.25, -0.2) is 15.0 Å². The number of aliphatic imine (C=N–C) groups is 1. The number of likely N-dealkylation sites (N-methyl/N-ethyl adjacent to an activating group) is 1. The van der Waals surface area contributed by atoms with Crippen molar-refractivity contribution < 1.29 is 4.79 Å². The Morgan fingerprint density at radius 1 is 1.06 bits per heavy atom. The Morgan fingerprint density at radius 3 is 2.62 bits per heavy atom. The third-order valence-corrected chi connectivity index (χ3v) is 5.94. The van der Waals surface area contributed by atoms with E-state index in [4.69, 9.17) is 5.73 Å². The molecule has 3 aromatic rings. The lowest BCUT2D eigenvalue weighted by Gasteiger charge is -2.33. The van der Waals surface area contributed by atoms with E-state index in [-0.39, 0.29) is 5.91 Å². The number of allylic oxidation sites excluding steroid dienone is 3. The van der Waals surface area contributed by atoms with Crippen molar-refractivity contribution in [2.24, 2.45) is 10.7 Å². The van der Waals surface area contributed by atoms with E-state index in [1.165, 1.54) is 0 Å². The Kier molecular flexibility index (Phi) is 6.98. The van der Waals surface area contributed by atoms with Gasteiger partial charge in [0.2, 0.25) is 0 Å². The standard InChI is InChI=1S/C26H29N7O/c1-18(4-7-23(27)28-2)19-5-6-21-17-30-24(15-22(21)14-19)31-26(34)20-8-9-29-25(16-20)33-12-10-32(3)11-13-33/h4-9,14-17H,2,10-13,27H2,1,3H3,(H,30,31,34)/b18-4+,23-7-. The molecule has 34 heavy (non-hydrogen) atoms. The fourth-order valence-corrected chi connectivity index (χ4v) is 3.77. The molecule has 0 spiro atoms. The molecule has 1 amide bonds. The van der Waals surface area contributed by atoms with Gasteiger partial charge >= 0.3 is 0 Å². The van der Waals surface area contributed by atoms with Crippen LogP contribution >= 0.6 is 0 Å². The minimum absolute atomic E-state index is 0.214. The molecule has 0 saturated carbocycles. The van der Waals surface area contributed by atoms with Crippen LogP contribution in [0.1, 0.15) is 22.8 Å². The van der Waals surface area contributed by atoms with Gasteiger partial charge in [0.1, 0.15) is 17.5 Å². The molecule has 1 fully saturated rings. The molecule has 174 valence electrons. The van der Waals surface area contributed by atoms with Gasteiger partial charge in [0.05, 0.1) is 0 Å². The van der Waals surface area contributed by atoms with Crippen LogP contribution in [0.4, 0.5) is 11.6 Å². The van der Waals surface area contributed by atoms with E-state index >= 15 is 0 Å². The van der Waals surface area contributed by atoms with Crippen molar-refractivity contribution in [2.45, 2.75) is 6.92 Å². The first kappa shape index (κ1) is 23.1. The fraction of sp³-hybridized carbons (Fsp3) is 0.231. The van der Waals surface area contributed by atoms with Gasteiger partial charge in [0.25, 0.3) is 5.91 Å². The van der Waals surface area contributed by atoms with Crippen molar-refractivity contribution in [3.8, 4) is 0 Å². The predicted molar refractivity (Wildman–Crippen MR) is 139 cm³/mol. The second-order valence-electron chi connectivity index (χ2n) is 8.38. The second kappa shape index (κ2) is 10.3. The molecule has 0 bridgehead atoms. The van der Waals surface area contributed by atoms with Crippen LogP contribution in [-0.4, -0.2) is 60.7 Å². The Hall–Kier alpha value is -4.04. The van der Waals surface area contributed by atoms with Crippen LogP contribution in [0.3, 0.4) is 0 Å². The van der Waals surface area contributed by atoms with Crippen LogP contribution in [-0.2, 0) is 0 Å². The number of piperazine rings is 1. The molecule has 4 rings (SSSR count). The molecule has 1 aromatic carbocycles. The largest absolute Gasteiger partial charge is 0.384 e. The van der Waals surface area contributed by atoms with Gasteiger partial charge in [0.15, 0.2) is 0 Å². The van der Waals surface area contributed by atoms with Gasteiger partial charge < -0.3 is 20.9 Å². The average Bonchev–Trinajstić information content (AvgIpc) is 2.87. The summed E-state index contributed by atoms with van der Waals surface area (Å²) in [5, 5.41) is 4.88. The van der Waals surface area contributed by atoms with E-state index in [0.717, 1.165) is 53.9 Å². The minimum atomic E-state index is -0.214. The van der Waals surface area contributed by atoms with E-state index in [1.54, 1.807) is 24.5 Å². The van der Waals surface area contributed by atoms with E-state index in [1.807, 2.05) is 37.3 Å². The summed E-state index contributed by atoms with van der Waals surface area (Å²) in [4.78, 5) is 30.0. The number of pyridine rings is 2. The van der Waals surface area contributed by atoms with Crippen molar-refractivity contribution in [1.82, 2.24) is 14.9 Å². The summed E-state index contributed by atoms with van der Waals surface area (Å²) in [5.41, 5.74) is 8.31. The Morgan fingerprint density at radius 2 is 1.85 bits per heavy atom. The van der Waals surface area contributed by atoms with Crippen LogP contribution in [0.5, 0.6) is 0 Å². The summed E-state index contributed by atoms with van der Waals surface area (Å²) >= 11 is 0. The molecule has 8 heteroatoms. The smallest absolute Gasteiger partial charge is 0.257 e. The number of nitrogens with two attached hydrogens (primary N) is 1. The van der Waals surface area contributed by atoms with E-state index in [0.29, 0.717) is 17.2 Å². The van der Waals surface area contributed by atoms with E-state index in [2.05, 4.69) is 49.9 Å². The molecule has 0 atom stereocenters. The van der Waals surface area contributed by atoms with Crippen molar-refractivity contribution in [3.63, 3.8) is 0 Å². The number of nitrogens with zero attached hydrogens (tertiary/aromatic N) is 5. The summed E-state index contributed by atoms with van der Waals surface area (Å²) in [6.45, 7) is 9.15. The zero-order valence-corrected chi connectivity index (χ0v) is 19.5. The number of hydrogen-bond acceptors (Lipinski definition) is 7. The van der Waals surface area contributed by atoms with Gasteiger partial charge in [-0.3, -0.25) is 4.79 Å². The molecular formula is C26H29N7O. The number of rotatable bonds is 6. The Balaban J connectivity index is 1.52. The highest BCUT2D eigenvalue weighted by Gasteiger charge is 2.17. The molecule has 0 radical (unpaired) electrons. The first-order valence-electron chi connectivity index (χ1n) is 11.1. The molecule has 1 saturated heterocycles. The predicted octanol–water partition coefficient (Wildman–Crippen LogP) is 3.54. The van der Waals surface area contributed by atoms with Crippen LogP contribution in [0.15, 0.2) is 71.8 Å². The van der Waals surface area contributed by atoms with Crippen molar-refractivity contribution in [3.05, 3.63) is 77.9 Å². The molecule has 8 nitrogen and oxygen atoms in total. The normalized spacial score (nSPS) is 15.4. The minimum Gasteiger partial charge on any atom is -0.384 e. The second-order valence-corrected chi connectivity index (χ2v) is 8.38. The summed E-state index contributed by atoms with van der Waals surface area (Å²) < 4.78 is 0. The number of benzene rings is 1. The lowest BCUT2D eigenvalue weighted by atomic mass is 10.0. The first-order valence-corrected chi connectivity index (χ1v) is 11.1. The van der Waals surface area contributed by atoms with Crippen molar-refractivity contribution in [2.75, 3.05) is 43.4 Å². The Bertz CT molecular complexity index is 1270. The van der Waals surface area contributed by atoms with E-state index in [9.17, 15) is 4.79 Å². The van der Waals surface area contributed by atoms with E-state index < -0.39 is 0 Å². The Labute approximate surface area is 199 Å². The van der Waals surface area contributed by atoms with Crippen LogP contribution in [0.2, 0.25) is 0 Å². The van der Waals surface area contributed by atoms with Crippen molar-refractivity contribution >= 4 is 40.6 Å². The summed E-state index contributed by atoms with van der Waals surface area (Å²) in [7, 11) is 2.11. The third kappa shape index (κ3) is 5.47. The molecular weight excluding hydrogens is 426 g/mol. The topological polar surface area (TPSA) is 99.7 Å². The number of carbonyl (C=O) groups is 1. The van der Waals surface area contributed by atoms with Gasteiger partial charge in [-0.05, 0) is 67.6 Å². The molecule has 2 aromatic heterocycles. The quantitative estimate of drug-likeness (QED) is 0.436. The van der Waals surface area contributed by atoms with Crippen LogP contribution in [0.25, 0.3) is 16.3 Å². The summed E-state index contributed by atoms with van der Waals surface area (Å²) in [6, 6.07) is 11.5. The SMILES string of the molecule is C=N/C(N)=C\C=C(/C)c1ccc2cnc(NC(=O)c3ccnc(N4CCN(C)CC4)c3)cc2c1. The molecule has 0 aliphatic carbocycles. The zero-order chi connectivity index (χ0) is 24.1. The highest BCUT2D eigenvalue weighted by Crippen LogP contribution is 2.23. The number of aromatic nitrogens is 2. The van der Waals surface area contributed by atoms with Gasteiger partial charge in [-0.2, -0.15) is 0 Å². The van der Waals surface area contributed by atoms with Crippen LogP contribution in [0, 0.1) is 0 Å². The molecule has 0 unspecified atom stereocenters. The van der Waals surface area contributed by atoms with Gasteiger partial charge in [-0.15, -0.1) is 0 Å². The number of carbonyl (C=O) groups excluding carboxylic acids is 1.